The van der Waals surface area contributed by atoms with Crippen LogP contribution in [0.4, 0.5) is 8.78 Å². The van der Waals surface area contributed by atoms with Crippen molar-refractivity contribution in [1.29, 1.82) is 0 Å². The minimum Gasteiger partial charge on any atom is -0.457 e. The third-order valence-electron chi connectivity index (χ3n) is 3.95. The number of hydrogen-bond donors (Lipinski definition) is 0. The van der Waals surface area contributed by atoms with E-state index in [4.69, 9.17) is 9.15 Å². The number of ether oxygens (including phenoxy) is 1. The van der Waals surface area contributed by atoms with Gasteiger partial charge in [-0.3, -0.25) is 0 Å². The summed E-state index contributed by atoms with van der Waals surface area (Å²) >= 11 is 0. The van der Waals surface area contributed by atoms with Crippen LogP contribution in [0.2, 0.25) is 0 Å². The molecule has 25 heavy (non-hydrogen) atoms. The van der Waals surface area contributed by atoms with E-state index in [1.54, 1.807) is 6.07 Å². The molecule has 1 heterocycles. The largest absolute Gasteiger partial charge is 0.457 e. The van der Waals surface area contributed by atoms with Gasteiger partial charge in [-0.2, -0.15) is 0 Å². The molecule has 128 valence electrons. The summed E-state index contributed by atoms with van der Waals surface area (Å²) in [5.74, 6) is -2.73. The Morgan fingerprint density at radius 1 is 1.08 bits per heavy atom. The zero-order chi connectivity index (χ0) is 18.1. The van der Waals surface area contributed by atoms with Crippen molar-refractivity contribution in [2.24, 2.45) is 0 Å². The van der Waals surface area contributed by atoms with E-state index in [0.717, 1.165) is 23.3 Å². The number of benzene rings is 2. The number of carbonyl (C=O) groups is 1. The molecular weight excluding hydrogens is 330 g/mol. The van der Waals surface area contributed by atoms with Crippen molar-refractivity contribution in [3.8, 4) is 0 Å². The molecule has 0 saturated heterocycles. The summed E-state index contributed by atoms with van der Waals surface area (Å²) in [6.45, 7) is 3.56. The summed E-state index contributed by atoms with van der Waals surface area (Å²) in [5.41, 5.74) is 1.83. The van der Waals surface area contributed by atoms with E-state index in [1.165, 1.54) is 6.07 Å². The molecule has 0 aliphatic heterocycles. The van der Waals surface area contributed by atoms with Crippen molar-refractivity contribution >= 4 is 16.9 Å². The van der Waals surface area contributed by atoms with Crippen LogP contribution in [0, 0.1) is 25.5 Å². The number of fused-ring (bicyclic) bond motifs is 1. The highest BCUT2D eigenvalue weighted by Crippen LogP contribution is 2.22. The Morgan fingerprint density at radius 2 is 1.80 bits per heavy atom. The highest BCUT2D eigenvalue weighted by atomic mass is 19.1. The van der Waals surface area contributed by atoms with Crippen molar-refractivity contribution < 1.29 is 22.7 Å². The summed E-state index contributed by atoms with van der Waals surface area (Å²) in [7, 11) is 0. The number of rotatable bonds is 3. The SMILES string of the molecule is Cc1cc2oc(=O)cc(COC(=O)c3ccc(F)cc3F)c2cc1C. The highest BCUT2D eigenvalue weighted by Gasteiger charge is 2.15. The fourth-order valence-electron chi connectivity index (χ4n) is 2.48. The zero-order valence-corrected chi connectivity index (χ0v) is 13.6. The van der Waals surface area contributed by atoms with Crippen LogP contribution in [0.3, 0.4) is 0 Å². The second-order valence-electron chi connectivity index (χ2n) is 5.72. The molecule has 0 atom stereocenters. The van der Waals surface area contributed by atoms with E-state index in [-0.39, 0.29) is 12.2 Å². The van der Waals surface area contributed by atoms with Gasteiger partial charge in [0.15, 0.2) is 0 Å². The molecule has 0 bridgehead atoms. The minimum absolute atomic E-state index is 0.236. The monoisotopic (exact) mass is 344 g/mol. The lowest BCUT2D eigenvalue weighted by Gasteiger charge is -2.09. The van der Waals surface area contributed by atoms with Crippen LogP contribution in [0.15, 0.2) is 45.6 Å². The maximum absolute atomic E-state index is 13.6. The van der Waals surface area contributed by atoms with Gasteiger partial charge in [0.1, 0.15) is 23.8 Å². The fraction of sp³-hybridized carbons (Fsp3) is 0.158. The van der Waals surface area contributed by atoms with Gasteiger partial charge in [0, 0.05) is 23.1 Å². The van der Waals surface area contributed by atoms with Crippen molar-refractivity contribution in [2.75, 3.05) is 0 Å². The van der Waals surface area contributed by atoms with Gasteiger partial charge in [0.25, 0.3) is 0 Å². The van der Waals surface area contributed by atoms with E-state index in [9.17, 15) is 18.4 Å². The Morgan fingerprint density at radius 3 is 2.52 bits per heavy atom. The van der Waals surface area contributed by atoms with Gasteiger partial charge in [-0.05, 0) is 49.2 Å². The first-order chi connectivity index (χ1) is 11.8. The summed E-state index contributed by atoms with van der Waals surface area (Å²) in [5, 5.41) is 0.634. The summed E-state index contributed by atoms with van der Waals surface area (Å²) < 4.78 is 36.8. The average molecular weight is 344 g/mol. The molecule has 0 fully saturated rings. The normalized spacial score (nSPS) is 10.9. The van der Waals surface area contributed by atoms with Crippen LogP contribution in [-0.2, 0) is 11.3 Å². The van der Waals surface area contributed by atoms with Gasteiger partial charge in [-0.15, -0.1) is 0 Å². The van der Waals surface area contributed by atoms with Gasteiger partial charge in [-0.25, -0.2) is 18.4 Å². The van der Waals surface area contributed by atoms with Crippen molar-refractivity contribution in [3.05, 3.63) is 80.7 Å². The fourth-order valence-corrected chi connectivity index (χ4v) is 2.48. The number of aryl methyl sites for hydroxylation is 2. The van der Waals surface area contributed by atoms with Gasteiger partial charge in [-0.1, -0.05) is 0 Å². The first-order valence-electron chi connectivity index (χ1n) is 7.51. The Bertz CT molecular complexity index is 1040. The van der Waals surface area contributed by atoms with E-state index in [2.05, 4.69) is 0 Å². The molecule has 0 unspecified atom stereocenters. The molecule has 4 nitrogen and oxygen atoms in total. The van der Waals surface area contributed by atoms with Gasteiger partial charge < -0.3 is 9.15 Å². The molecule has 0 radical (unpaired) electrons. The number of carbonyl (C=O) groups excluding carboxylic acids is 1. The van der Waals surface area contributed by atoms with Crippen LogP contribution in [0.5, 0.6) is 0 Å². The second kappa shape index (κ2) is 6.47. The maximum Gasteiger partial charge on any atom is 0.341 e. The zero-order valence-electron chi connectivity index (χ0n) is 13.6. The standard InChI is InChI=1S/C19H14F2O4/c1-10-5-15-12(7-18(22)25-17(15)6-11(10)2)9-24-19(23)14-4-3-13(20)8-16(14)21/h3-8H,9H2,1-2H3. The van der Waals surface area contributed by atoms with E-state index < -0.39 is 23.2 Å². The van der Waals surface area contributed by atoms with E-state index in [1.807, 2.05) is 19.9 Å². The molecule has 0 N–H and O–H groups in total. The maximum atomic E-state index is 13.6. The first-order valence-corrected chi connectivity index (χ1v) is 7.51. The van der Waals surface area contributed by atoms with Gasteiger partial charge >= 0.3 is 11.6 Å². The summed E-state index contributed by atoms with van der Waals surface area (Å²) in [4.78, 5) is 23.7. The minimum atomic E-state index is -1.01. The molecule has 3 aromatic rings. The van der Waals surface area contributed by atoms with Crippen LogP contribution >= 0.6 is 0 Å². The number of esters is 1. The average Bonchev–Trinajstić information content (AvgIpc) is 2.54. The quantitative estimate of drug-likeness (QED) is 0.531. The van der Waals surface area contributed by atoms with Crippen LogP contribution in [0.1, 0.15) is 27.0 Å². The molecular formula is C19H14F2O4. The van der Waals surface area contributed by atoms with Crippen molar-refractivity contribution in [1.82, 2.24) is 0 Å². The number of hydrogen-bond acceptors (Lipinski definition) is 4. The van der Waals surface area contributed by atoms with Crippen molar-refractivity contribution in [2.45, 2.75) is 20.5 Å². The molecule has 0 aliphatic carbocycles. The third-order valence-corrected chi connectivity index (χ3v) is 3.95. The topological polar surface area (TPSA) is 56.5 Å². The molecule has 0 spiro atoms. The predicted molar refractivity (Wildman–Crippen MR) is 87.4 cm³/mol. The van der Waals surface area contributed by atoms with Gasteiger partial charge in [0.2, 0.25) is 0 Å². The molecule has 0 saturated carbocycles. The first kappa shape index (κ1) is 16.8. The summed E-state index contributed by atoms with van der Waals surface area (Å²) in [6.07, 6.45) is 0. The third kappa shape index (κ3) is 3.42. The lowest BCUT2D eigenvalue weighted by Crippen LogP contribution is -2.10. The molecule has 0 amide bonds. The smallest absolute Gasteiger partial charge is 0.341 e. The molecule has 6 heteroatoms. The Hall–Kier alpha value is -3.02. The summed E-state index contributed by atoms with van der Waals surface area (Å²) in [6, 6.07) is 7.38. The van der Waals surface area contributed by atoms with Crippen LogP contribution in [-0.4, -0.2) is 5.97 Å². The van der Waals surface area contributed by atoms with E-state index in [0.29, 0.717) is 22.6 Å². The van der Waals surface area contributed by atoms with Crippen LogP contribution in [0.25, 0.3) is 11.0 Å². The lowest BCUT2D eigenvalue weighted by molar-refractivity contribution is 0.0468. The van der Waals surface area contributed by atoms with Gasteiger partial charge in [0.05, 0.1) is 5.56 Å². The Kier molecular flexibility index (Phi) is 4.35. The highest BCUT2D eigenvalue weighted by molar-refractivity contribution is 5.90. The lowest BCUT2D eigenvalue weighted by atomic mass is 10.0. The number of halogens is 2. The van der Waals surface area contributed by atoms with Crippen LogP contribution < -0.4 is 5.63 Å². The Balaban J connectivity index is 1.91. The predicted octanol–water partition coefficient (Wildman–Crippen LogP) is 4.05. The van der Waals surface area contributed by atoms with Crippen molar-refractivity contribution in [3.63, 3.8) is 0 Å². The Labute approximate surface area is 141 Å². The molecule has 1 aromatic heterocycles. The van der Waals surface area contributed by atoms with E-state index >= 15 is 0 Å². The molecule has 2 aromatic carbocycles. The molecule has 0 aliphatic rings. The second-order valence-corrected chi connectivity index (χ2v) is 5.72. The molecule has 3 rings (SSSR count).